The molecule has 1 aromatic rings. The Bertz CT molecular complexity index is 343. The van der Waals surface area contributed by atoms with Crippen molar-refractivity contribution in [3.05, 3.63) is 18.1 Å². The number of aromatic nitrogens is 2. The van der Waals surface area contributed by atoms with Gasteiger partial charge in [0.1, 0.15) is 6.33 Å². The first-order valence-electron chi connectivity index (χ1n) is 5.10. The third-order valence-electron chi connectivity index (χ3n) is 1.83. The molecule has 0 unspecified atom stereocenters. The number of carbonyl (C=O) groups excluding carboxylic acids is 1. The van der Waals surface area contributed by atoms with Gasteiger partial charge in [-0.2, -0.15) is 0 Å². The van der Waals surface area contributed by atoms with Crippen molar-refractivity contribution in [1.29, 1.82) is 0 Å². The first-order valence-corrected chi connectivity index (χ1v) is 5.10. The van der Waals surface area contributed by atoms with Crippen LogP contribution in [-0.2, 0) is 4.79 Å². The number of amides is 1. The minimum absolute atomic E-state index is 0.0407. The zero-order chi connectivity index (χ0) is 11.8. The highest BCUT2D eigenvalue weighted by atomic mass is 16.5. The summed E-state index contributed by atoms with van der Waals surface area (Å²) >= 11 is 0. The highest BCUT2D eigenvalue weighted by molar-refractivity contribution is 5.77. The topological polar surface area (TPSA) is 90.1 Å². The zero-order valence-corrected chi connectivity index (χ0v) is 9.27. The molecule has 1 heterocycles. The first kappa shape index (κ1) is 12.4. The molecule has 0 saturated heterocycles. The van der Waals surface area contributed by atoms with Gasteiger partial charge in [0.2, 0.25) is 5.88 Å². The molecule has 88 valence electrons. The Balaban J connectivity index is 2.26. The lowest BCUT2D eigenvalue weighted by atomic mass is 10.4. The maximum Gasteiger partial charge on any atom is 0.258 e. The van der Waals surface area contributed by atoms with Gasteiger partial charge in [0.05, 0.1) is 0 Å². The van der Waals surface area contributed by atoms with Crippen LogP contribution >= 0.6 is 0 Å². The van der Waals surface area contributed by atoms with E-state index in [2.05, 4.69) is 15.3 Å². The predicted molar refractivity (Wildman–Crippen MR) is 58.9 cm³/mol. The predicted octanol–water partition coefficient (Wildman–Crippen LogP) is -0.371. The molecule has 3 N–H and O–H groups in total. The number of rotatable bonds is 6. The number of nitrogens with two attached hydrogens (primary N) is 1. The monoisotopic (exact) mass is 224 g/mol. The van der Waals surface area contributed by atoms with Crippen molar-refractivity contribution in [2.45, 2.75) is 13.3 Å². The van der Waals surface area contributed by atoms with E-state index in [-0.39, 0.29) is 12.5 Å². The lowest BCUT2D eigenvalue weighted by Gasteiger charge is -2.06. The fourth-order valence-electron chi connectivity index (χ4n) is 1.03. The minimum atomic E-state index is -0.176. The summed E-state index contributed by atoms with van der Waals surface area (Å²) in [7, 11) is 0. The molecular formula is C10H16N4O2. The van der Waals surface area contributed by atoms with Crippen molar-refractivity contribution in [3.63, 3.8) is 0 Å². The van der Waals surface area contributed by atoms with E-state index in [1.807, 2.05) is 6.92 Å². The Hall–Kier alpha value is -1.69. The van der Waals surface area contributed by atoms with E-state index in [1.165, 1.54) is 6.33 Å². The number of nitrogens with zero attached hydrogens (tertiary/aromatic N) is 2. The SMILES string of the molecule is Cc1cc(OCC(=O)NCCCN)ncn1. The molecule has 6 heteroatoms. The van der Waals surface area contributed by atoms with E-state index in [4.69, 9.17) is 10.5 Å². The van der Waals surface area contributed by atoms with Crippen LogP contribution in [0.4, 0.5) is 0 Å². The van der Waals surface area contributed by atoms with Gasteiger partial charge in [-0.15, -0.1) is 0 Å². The molecule has 0 aliphatic carbocycles. The maximum absolute atomic E-state index is 11.3. The number of carbonyl (C=O) groups is 1. The van der Waals surface area contributed by atoms with Gasteiger partial charge < -0.3 is 15.8 Å². The fourth-order valence-corrected chi connectivity index (χ4v) is 1.03. The molecule has 0 spiro atoms. The summed E-state index contributed by atoms with van der Waals surface area (Å²) in [6, 6.07) is 1.67. The Morgan fingerprint density at radius 1 is 1.56 bits per heavy atom. The van der Waals surface area contributed by atoms with Gasteiger partial charge in [0.15, 0.2) is 6.61 Å². The second-order valence-electron chi connectivity index (χ2n) is 3.28. The van der Waals surface area contributed by atoms with Gasteiger partial charge in [-0.05, 0) is 19.9 Å². The average Bonchev–Trinajstić information content (AvgIpc) is 2.27. The molecule has 0 bridgehead atoms. The quantitative estimate of drug-likeness (QED) is 0.643. The minimum Gasteiger partial charge on any atom is -0.467 e. The summed E-state index contributed by atoms with van der Waals surface area (Å²) in [5, 5.41) is 2.68. The van der Waals surface area contributed by atoms with Gasteiger partial charge in [-0.3, -0.25) is 4.79 Å². The number of hydrogen-bond acceptors (Lipinski definition) is 5. The van der Waals surface area contributed by atoms with Crippen LogP contribution in [0.2, 0.25) is 0 Å². The Kier molecular flexibility index (Phi) is 5.21. The van der Waals surface area contributed by atoms with E-state index in [9.17, 15) is 4.79 Å². The largest absolute Gasteiger partial charge is 0.467 e. The lowest BCUT2D eigenvalue weighted by molar-refractivity contribution is -0.123. The van der Waals surface area contributed by atoms with Crippen LogP contribution in [0.25, 0.3) is 0 Å². The van der Waals surface area contributed by atoms with Crippen LogP contribution in [0.3, 0.4) is 0 Å². The van der Waals surface area contributed by atoms with Crippen LogP contribution in [0.15, 0.2) is 12.4 Å². The zero-order valence-electron chi connectivity index (χ0n) is 9.27. The highest BCUT2D eigenvalue weighted by Crippen LogP contribution is 2.04. The van der Waals surface area contributed by atoms with Crippen LogP contribution in [0.5, 0.6) is 5.88 Å². The average molecular weight is 224 g/mol. The van der Waals surface area contributed by atoms with Crippen molar-refractivity contribution in [1.82, 2.24) is 15.3 Å². The molecule has 0 fully saturated rings. The van der Waals surface area contributed by atoms with Gasteiger partial charge in [0.25, 0.3) is 5.91 Å². The Morgan fingerprint density at radius 3 is 3.06 bits per heavy atom. The third kappa shape index (κ3) is 4.70. The van der Waals surface area contributed by atoms with E-state index in [1.54, 1.807) is 6.07 Å². The molecule has 1 rings (SSSR count). The van der Waals surface area contributed by atoms with Crippen LogP contribution in [0.1, 0.15) is 12.1 Å². The van der Waals surface area contributed by atoms with E-state index < -0.39 is 0 Å². The van der Waals surface area contributed by atoms with E-state index >= 15 is 0 Å². The molecule has 0 saturated carbocycles. The molecule has 6 nitrogen and oxygen atoms in total. The second-order valence-corrected chi connectivity index (χ2v) is 3.28. The number of nitrogens with one attached hydrogen (secondary N) is 1. The summed E-state index contributed by atoms with van der Waals surface area (Å²) in [6.07, 6.45) is 2.16. The van der Waals surface area contributed by atoms with Crippen molar-refractivity contribution >= 4 is 5.91 Å². The number of hydrogen-bond donors (Lipinski definition) is 2. The summed E-state index contributed by atoms with van der Waals surface area (Å²) in [5.74, 6) is 0.228. The molecule has 1 amide bonds. The van der Waals surface area contributed by atoms with Crippen molar-refractivity contribution in [2.24, 2.45) is 5.73 Å². The summed E-state index contributed by atoms with van der Waals surface area (Å²) < 4.78 is 5.18. The first-order chi connectivity index (χ1) is 7.72. The maximum atomic E-state index is 11.3. The summed E-state index contributed by atoms with van der Waals surface area (Å²) in [4.78, 5) is 19.1. The number of aryl methyl sites for hydroxylation is 1. The normalized spacial score (nSPS) is 9.88. The third-order valence-corrected chi connectivity index (χ3v) is 1.83. The number of ether oxygens (including phenoxy) is 1. The molecule has 0 aromatic carbocycles. The molecule has 0 atom stereocenters. The molecule has 16 heavy (non-hydrogen) atoms. The second kappa shape index (κ2) is 6.73. The van der Waals surface area contributed by atoms with E-state index in [0.29, 0.717) is 19.0 Å². The molecule has 0 radical (unpaired) electrons. The van der Waals surface area contributed by atoms with Crippen molar-refractivity contribution in [2.75, 3.05) is 19.7 Å². The van der Waals surface area contributed by atoms with Gasteiger partial charge in [-0.25, -0.2) is 9.97 Å². The smallest absolute Gasteiger partial charge is 0.258 e. The Morgan fingerprint density at radius 2 is 2.38 bits per heavy atom. The lowest BCUT2D eigenvalue weighted by Crippen LogP contribution is -2.30. The van der Waals surface area contributed by atoms with Crippen LogP contribution in [0, 0.1) is 6.92 Å². The van der Waals surface area contributed by atoms with Gasteiger partial charge in [0, 0.05) is 18.3 Å². The van der Waals surface area contributed by atoms with Crippen LogP contribution < -0.4 is 15.8 Å². The molecule has 1 aromatic heterocycles. The highest BCUT2D eigenvalue weighted by Gasteiger charge is 2.02. The molecular weight excluding hydrogens is 208 g/mol. The van der Waals surface area contributed by atoms with E-state index in [0.717, 1.165) is 12.1 Å². The molecule has 0 aliphatic heterocycles. The van der Waals surface area contributed by atoms with Crippen molar-refractivity contribution < 1.29 is 9.53 Å². The summed E-state index contributed by atoms with van der Waals surface area (Å²) in [5.41, 5.74) is 6.10. The fraction of sp³-hybridized carbons (Fsp3) is 0.500. The molecule has 0 aliphatic rings. The van der Waals surface area contributed by atoms with Crippen molar-refractivity contribution in [3.8, 4) is 5.88 Å². The standard InChI is InChI=1S/C10H16N4O2/c1-8-5-10(14-7-13-8)16-6-9(15)12-4-2-3-11/h5,7H,2-4,6,11H2,1H3,(H,12,15). The summed E-state index contributed by atoms with van der Waals surface area (Å²) in [6.45, 7) is 2.92. The Labute approximate surface area is 94.2 Å². The van der Waals surface area contributed by atoms with Gasteiger partial charge in [-0.1, -0.05) is 0 Å². The van der Waals surface area contributed by atoms with Gasteiger partial charge >= 0.3 is 0 Å². The van der Waals surface area contributed by atoms with Crippen LogP contribution in [-0.4, -0.2) is 35.6 Å².